The maximum Gasteiger partial charge on any atom is 0.275 e. The van der Waals surface area contributed by atoms with E-state index in [2.05, 4.69) is 26.5 Å². The van der Waals surface area contributed by atoms with Crippen molar-refractivity contribution in [1.82, 2.24) is 5.43 Å². The van der Waals surface area contributed by atoms with E-state index in [0.717, 1.165) is 15.6 Å². The Hall–Kier alpha value is -2.14. The molecule has 108 valence electrons. The van der Waals surface area contributed by atoms with Gasteiger partial charge in [-0.15, -0.1) is 0 Å². The van der Waals surface area contributed by atoms with Gasteiger partial charge < -0.3 is 4.74 Å². The second-order valence-corrected chi connectivity index (χ2v) is 5.37. The average molecular weight is 347 g/mol. The molecule has 0 unspecified atom stereocenters. The van der Waals surface area contributed by atoms with E-state index in [0.29, 0.717) is 11.3 Å². The highest BCUT2D eigenvalue weighted by atomic mass is 79.9. The molecule has 4 nitrogen and oxygen atoms in total. The van der Waals surface area contributed by atoms with Crippen LogP contribution in [0.3, 0.4) is 0 Å². The molecule has 0 bridgehead atoms. The third-order valence-corrected chi connectivity index (χ3v) is 3.32. The van der Waals surface area contributed by atoms with Crippen LogP contribution in [0.5, 0.6) is 5.75 Å². The van der Waals surface area contributed by atoms with Gasteiger partial charge in [-0.05, 0) is 42.3 Å². The number of rotatable bonds is 4. The number of amides is 1. The van der Waals surface area contributed by atoms with Crippen molar-refractivity contribution in [2.24, 2.45) is 5.10 Å². The van der Waals surface area contributed by atoms with Gasteiger partial charge in [0.25, 0.3) is 5.91 Å². The lowest BCUT2D eigenvalue weighted by Crippen LogP contribution is -2.18. The lowest BCUT2D eigenvalue weighted by atomic mass is 10.1. The summed E-state index contributed by atoms with van der Waals surface area (Å²) in [6.45, 7) is 1.94. The lowest BCUT2D eigenvalue weighted by molar-refractivity contribution is 0.0952. The van der Waals surface area contributed by atoms with Gasteiger partial charge in [-0.25, -0.2) is 5.43 Å². The molecular formula is C16H15BrN2O2. The second kappa shape index (κ2) is 7.04. The van der Waals surface area contributed by atoms with Crippen molar-refractivity contribution in [3.63, 3.8) is 0 Å². The Bertz CT molecular complexity index is 684. The molecule has 0 aliphatic rings. The summed E-state index contributed by atoms with van der Waals surface area (Å²) in [5, 5.41) is 3.96. The van der Waals surface area contributed by atoms with Crippen molar-refractivity contribution < 1.29 is 9.53 Å². The molecular weight excluding hydrogens is 332 g/mol. The first kappa shape index (κ1) is 15.3. The van der Waals surface area contributed by atoms with Crippen LogP contribution in [-0.4, -0.2) is 19.2 Å². The number of hydrazone groups is 1. The van der Waals surface area contributed by atoms with E-state index >= 15 is 0 Å². The van der Waals surface area contributed by atoms with Gasteiger partial charge in [0, 0.05) is 4.47 Å². The number of nitrogens with one attached hydrogen (secondary N) is 1. The van der Waals surface area contributed by atoms with E-state index in [1.807, 2.05) is 43.3 Å². The summed E-state index contributed by atoms with van der Waals surface area (Å²) in [5.74, 6) is 0.225. The Balaban J connectivity index is 2.08. The van der Waals surface area contributed by atoms with Crippen molar-refractivity contribution >= 4 is 28.1 Å². The number of carbonyl (C=O) groups excluding carboxylic acids is 1. The smallest absolute Gasteiger partial charge is 0.275 e. The molecule has 0 aliphatic carbocycles. The van der Waals surface area contributed by atoms with Crippen LogP contribution in [0.4, 0.5) is 0 Å². The van der Waals surface area contributed by atoms with Crippen LogP contribution in [-0.2, 0) is 0 Å². The van der Waals surface area contributed by atoms with Crippen molar-refractivity contribution in [3.05, 3.63) is 63.6 Å². The first-order chi connectivity index (χ1) is 10.1. The molecule has 1 N–H and O–H groups in total. The second-order valence-electron chi connectivity index (χ2n) is 4.46. The Morgan fingerprint density at radius 3 is 2.81 bits per heavy atom. The zero-order valence-electron chi connectivity index (χ0n) is 11.8. The Kier molecular flexibility index (Phi) is 5.11. The molecule has 0 atom stereocenters. The zero-order chi connectivity index (χ0) is 15.2. The fraction of sp³-hybridized carbons (Fsp3) is 0.125. The Labute approximate surface area is 132 Å². The molecule has 0 radical (unpaired) electrons. The molecule has 2 aromatic rings. The maximum atomic E-state index is 12.1. The third kappa shape index (κ3) is 4.16. The van der Waals surface area contributed by atoms with Crippen LogP contribution >= 0.6 is 15.9 Å². The van der Waals surface area contributed by atoms with Gasteiger partial charge in [-0.2, -0.15) is 5.10 Å². The first-order valence-electron chi connectivity index (χ1n) is 6.34. The van der Waals surface area contributed by atoms with E-state index in [1.165, 1.54) is 7.11 Å². The monoisotopic (exact) mass is 346 g/mol. The fourth-order valence-corrected chi connectivity index (χ4v) is 2.22. The van der Waals surface area contributed by atoms with Gasteiger partial charge in [0.05, 0.1) is 18.9 Å². The van der Waals surface area contributed by atoms with E-state index in [9.17, 15) is 4.79 Å². The van der Waals surface area contributed by atoms with Crippen LogP contribution in [0.2, 0.25) is 0 Å². The van der Waals surface area contributed by atoms with E-state index in [-0.39, 0.29) is 5.91 Å². The van der Waals surface area contributed by atoms with Gasteiger partial charge >= 0.3 is 0 Å². The van der Waals surface area contributed by atoms with Crippen molar-refractivity contribution in [2.45, 2.75) is 6.92 Å². The summed E-state index contributed by atoms with van der Waals surface area (Å²) in [6.07, 6.45) is 1.59. The number of hydrogen-bond donors (Lipinski definition) is 1. The molecule has 0 saturated heterocycles. The highest BCUT2D eigenvalue weighted by Crippen LogP contribution is 2.19. The molecule has 0 heterocycles. The normalized spacial score (nSPS) is 10.6. The average Bonchev–Trinajstić information content (AvgIpc) is 2.47. The van der Waals surface area contributed by atoms with Gasteiger partial charge in [-0.3, -0.25) is 4.79 Å². The number of halogens is 1. The number of aryl methyl sites for hydroxylation is 1. The zero-order valence-corrected chi connectivity index (χ0v) is 13.3. The van der Waals surface area contributed by atoms with E-state index in [1.54, 1.807) is 12.3 Å². The predicted molar refractivity (Wildman–Crippen MR) is 86.9 cm³/mol. The molecule has 2 rings (SSSR count). The van der Waals surface area contributed by atoms with Crippen molar-refractivity contribution in [3.8, 4) is 5.75 Å². The number of carbonyl (C=O) groups is 1. The van der Waals surface area contributed by atoms with Crippen LogP contribution < -0.4 is 10.2 Å². The summed E-state index contributed by atoms with van der Waals surface area (Å²) in [4.78, 5) is 12.1. The fourth-order valence-electron chi connectivity index (χ4n) is 1.80. The first-order valence-corrected chi connectivity index (χ1v) is 7.13. The molecule has 1 amide bonds. The number of hydrogen-bond acceptors (Lipinski definition) is 3. The molecule has 2 aromatic carbocycles. The Morgan fingerprint density at radius 1 is 1.29 bits per heavy atom. The summed E-state index contributed by atoms with van der Waals surface area (Å²) in [7, 11) is 1.54. The summed E-state index contributed by atoms with van der Waals surface area (Å²) in [6, 6.07) is 13.0. The van der Waals surface area contributed by atoms with Crippen LogP contribution in [0.25, 0.3) is 0 Å². The Morgan fingerprint density at radius 2 is 2.10 bits per heavy atom. The van der Waals surface area contributed by atoms with Crippen molar-refractivity contribution in [2.75, 3.05) is 7.11 Å². The molecule has 0 fully saturated rings. The minimum absolute atomic E-state index is 0.307. The summed E-state index contributed by atoms with van der Waals surface area (Å²) < 4.78 is 6.17. The van der Waals surface area contributed by atoms with Gasteiger partial charge in [-0.1, -0.05) is 34.1 Å². The van der Waals surface area contributed by atoms with E-state index < -0.39 is 0 Å². The topological polar surface area (TPSA) is 50.7 Å². The lowest BCUT2D eigenvalue weighted by Gasteiger charge is -2.07. The summed E-state index contributed by atoms with van der Waals surface area (Å²) in [5.41, 5.74) is 4.87. The van der Waals surface area contributed by atoms with Gasteiger partial charge in [0.1, 0.15) is 5.75 Å². The van der Waals surface area contributed by atoms with Gasteiger partial charge in [0.15, 0.2) is 0 Å². The number of methoxy groups -OCH3 is 1. The van der Waals surface area contributed by atoms with E-state index in [4.69, 9.17) is 4.74 Å². The highest BCUT2D eigenvalue weighted by molar-refractivity contribution is 9.10. The number of ether oxygens (including phenoxy) is 1. The standard InChI is InChI=1S/C16H15BrN2O2/c1-11-6-7-14(15(8-11)21-2)16(20)19-18-10-12-4-3-5-13(17)9-12/h3-10H,1-2H3,(H,19,20)/b18-10-. The van der Waals surface area contributed by atoms with Crippen molar-refractivity contribution in [1.29, 1.82) is 0 Å². The van der Waals surface area contributed by atoms with Crippen LogP contribution in [0.1, 0.15) is 21.5 Å². The molecule has 0 saturated carbocycles. The van der Waals surface area contributed by atoms with Crippen LogP contribution in [0, 0.1) is 6.92 Å². The highest BCUT2D eigenvalue weighted by Gasteiger charge is 2.11. The maximum absolute atomic E-state index is 12.1. The molecule has 0 aromatic heterocycles. The quantitative estimate of drug-likeness (QED) is 0.680. The minimum atomic E-state index is -0.307. The summed E-state index contributed by atoms with van der Waals surface area (Å²) >= 11 is 3.38. The molecule has 21 heavy (non-hydrogen) atoms. The molecule has 5 heteroatoms. The van der Waals surface area contributed by atoms with Gasteiger partial charge in [0.2, 0.25) is 0 Å². The molecule has 0 spiro atoms. The molecule has 0 aliphatic heterocycles. The third-order valence-electron chi connectivity index (χ3n) is 2.83. The number of benzene rings is 2. The number of nitrogens with zero attached hydrogens (tertiary/aromatic N) is 1. The largest absolute Gasteiger partial charge is 0.496 e. The van der Waals surface area contributed by atoms with Crippen LogP contribution in [0.15, 0.2) is 52.0 Å². The minimum Gasteiger partial charge on any atom is -0.496 e. The SMILES string of the molecule is COc1cc(C)ccc1C(=O)N/N=C\c1cccc(Br)c1. The predicted octanol–water partition coefficient (Wildman–Crippen LogP) is 3.53.